The van der Waals surface area contributed by atoms with Gasteiger partial charge in [0.2, 0.25) is 10.0 Å². The van der Waals surface area contributed by atoms with Crippen LogP contribution in [-0.4, -0.2) is 21.0 Å². The fourth-order valence-electron chi connectivity index (χ4n) is 2.00. The molecule has 0 unspecified atom stereocenters. The molecule has 0 saturated carbocycles. The Balaban J connectivity index is 3.30. The molecule has 0 aliphatic rings. The van der Waals surface area contributed by atoms with Crippen molar-refractivity contribution in [3.05, 3.63) is 28.8 Å². The van der Waals surface area contributed by atoms with Crippen LogP contribution < -0.4 is 10.0 Å². The predicted molar refractivity (Wildman–Crippen MR) is 78.8 cm³/mol. The van der Waals surface area contributed by atoms with E-state index in [1.807, 2.05) is 47.7 Å². The average Bonchev–Trinajstić information content (AvgIpc) is 2.18. The first-order valence-corrected chi connectivity index (χ1v) is 7.84. The van der Waals surface area contributed by atoms with Crippen LogP contribution in [0.25, 0.3) is 0 Å². The molecule has 0 atom stereocenters. The van der Waals surface area contributed by atoms with Gasteiger partial charge >= 0.3 is 0 Å². The van der Waals surface area contributed by atoms with Crippen LogP contribution >= 0.6 is 0 Å². The maximum atomic E-state index is 12.4. The smallest absolute Gasteiger partial charge is 0.241 e. The summed E-state index contributed by atoms with van der Waals surface area (Å²) in [7, 11) is -1.64. The Kier molecular flexibility index (Phi) is 4.76. The Labute approximate surface area is 116 Å². The first-order valence-electron chi connectivity index (χ1n) is 6.35. The van der Waals surface area contributed by atoms with E-state index in [1.165, 1.54) is 0 Å². The zero-order chi connectivity index (χ0) is 14.8. The van der Waals surface area contributed by atoms with Crippen molar-refractivity contribution in [3.63, 3.8) is 0 Å². The second-order valence-electron chi connectivity index (χ2n) is 5.93. The highest BCUT2D eigenvalue weighted by atomic mass is 32.2. The van der Waals surface area contributed by atoms with Crippen molar-refractivity contribution in [1.82, 2.24) is 10.0 Å². The molecule has 108 valence electrons. The van der Waals surface area contributed by atoms with Gasteiger partial charge in [-0.2, -0.15) is 0 Å². The molecule has 0 heterocycles. The van der Waals surface area contributed by atoms with Gasteiger partial charge in [-0.3, -0.25) is 0 Å². The van der Waals surface area contributed by atoms with E-state index in [1.54, 1.807) is 6.07 Å². The van der Waals surface area contributed by atoms with Crippen LogP contribution in [0, 0.1) is 13.8 Å². The molecule has 0 saturated heterocycles. The minimum Gasteiger partial charge on any atom is -0.316 e. The molecule has 0 radical (unpaired) electrons. The summed E-state index contributed by atoms with van der Waals surface area (Å²) in [6.45, 7) is 9.98. The van der Waals surface area contributed by atoms with Gasteiger partial charge in [0.1, 0.15) is 0 Å². The Morgan fingerprint density at radius 2 is 1.68 bits per heavy atom. The van der Waals surface area contributed by atoms with Gasteiger partial charge in [0.05, 0.1) is 4.90 Å². The van der Waals surface area contributed by atoms with Crippen molar-refractivity contribution in [1.29, 1.82) is 0 Å². The maximum Gasteiger partial charge on any atom is 0.241 e. The molecule has 1 aromatic rings. The summed E-state index contributed by atoms with van der Waals surface area (Å²) in [6.07, 6.45) is 0. The van der Waals surface area contributed by atoms with Crippen LogP contribution in [0.5, 0.6) is 0 Å². The van der Waals surface area contributed by atoms with Gasteiger partial charge < -0.3 is 5.32 Å². The van der Waals surface area contributed by atoms with E-state index in [-0.39, 0.29) is 0 Å². The fraction of sp³-hybridized carbons (Fsp3) is 0.571. The van der Waals surface area contributed by atoms with Gasteiger partial charge in [-0.15, -0.1) is 0 Å². The predicted octanol–water partition coefficient (Wildman–Crippen LogP) is 2.10. The summed E-state index contributed by atoms with van der Waals surface area (Å²) >= 11 is 0. The lowest BCUT2D eigenvalue weighted by atomic mass is 10.1. The molecule has 0 bridgehead atoms. The number of sulfonamides is 1. The largest absolute Gasteiger partial charge is 0.316 e. The monoisotopic (exact) mass is 284 g/mol. The summed E-state index contributed by atoms with van der Waals surface area (Å²) in [4.78, 5) is 0.360. The van der Waals surface area contributed by atoms with Gasteiger partial charge in [-0.05, 0) is 64.4 Å². The molecule has 0 spiro atoms. The quantitative estimate of drug-likeness (QED) is 0.890. The standard InChI is InChI=1S/C14H24N2O2S/c1-10-7-11(2)13(8-12(10)9-15-6)19(17,18)16-14(3,4)5/h7-8,15-16H,9H2,1-6H3. The van der Waals surface area contributed by atoms with Crippen LogP contribution in [0.4, 0.5) is 0 Å². The van der Waals surface area contributed by atoms with E-state index in [4.69, 9.17) is 0 Å². The minimum absolute atomic E-state index is 0.360. The SMILES string of the molecule is CNCc1cc(S(=O)(=O)NC(C)(C)C)c(C)cc1C. The highest BCUT2D eigenvalue weighted by molar-refractivity contribution is 7.89. The van der Waals surface area contributed by atoms with Gasteiger partial charge in [0, 0.05) is 12.1 Å². The second kappa shape index (κ2) is 5.61. The average molecular weight is 284 g/mol. The van der Waals surface area contributed by atoms with E-state index >= 15 is 0 Å². The second-order valence-corrected chi connectivity index (χ2v) is 7.58. The zero-order valence-corrected chi connectivity index (χ0v) is 13.4. The lowest BCUT2D eigenvalue weighted by Gasteiger charge is -2.22. The number of benzene rings is 1. The molecule has 2 N–H and O–H groups in total. The molecule has 0 aliphatic carbocycles. The van der Waals surface area contributed by atoms with Crippen molar-refractivity contribution >= 4 is 10.0 Å². The molecule has 5 heteroatoms. The molecule has 4 nitrogen and oxygen atoms in total. The molecular formula is C14H24N2O2S. The number of rotatable bonds is 4. The first-order chi connectivity index (χ1) is 8.57. The van der Waals surface area contributed by atoms with Gasteiger partial charge in [0.15, 0.2) is 0 Å². The normalized spacial score (nSPS) is 12.7. The van der Waals surface area contributed by atoms with Crippen LogP contribution in [0.15, 0.2) is 17.0 Å². The Morgan fingerprint density at radius 1 is 1.11 bits per heavy atom. The highest BCUT2D eigenvalue weighted by Gasteiger charge is 2.24. The molecular weight excluding hydrogens is 260 g/mol. The Bertz CT molecular complexity index is 558. The van der Waals surface area contributed by atoms with Gasteiger partial charge in [-0.25, -0.2) is 13.1 Å². The summed E-state index contributed by atoms with van der Waals surface area (Å²) in [6, 6.07) is 3.68. The van der Waals surface area contributed by atoms with Crippen LogP contribution in [0.3, 0.4) is 0 Å². The molecule has 0 fully saturated rings. The van der Waals surface area contributed by atoms with E-state index in [9.17, 15) is 8.42 Å². The van der Waals surface area contributed by atoms with E-state index in [2.05, 4.69) is 10.0 Å². The number of aryl methyl sites for hydroxylation is 2. The topological polar surface area (TPSA) is 58.2 Å². The molecule has 1 aromatic carbocycles. The minimum atomic E-state index is -3.48. The van der Waals surface area contributed by atoms with E-state index in [0.29, 0.717) is 11.4 Å². The molecule has 19 heavy (non-hydrogen) atoms. The third kappa shape index (κ3) is 4.30. The number of hydrogen-bond donors (Lipinski definition) is 2. The van der Waals surface area contributed by atoms with Gasteiger partial charge in [0.25, 0.3) is 0 Å². The Hall–Kier alpha value is -0.910. The van der Waals surface area contributed by atoms with Crippen LogP contribution in [0.1, 0.15) is 37.5 Å². The Morgan fingerprint density at radius 3 is 2.16 bits per heavy atom. The summed E-state index contributed by atoms with van der Waals surface area (Å²) in [5, 5.41) is 3.06. The number of nitrogens with one attached hydrogen (secondary N) is 2. The van der Waals surface area contributed by atoms with Gasteiger partial charge in [-0.1, -0.05) is 6.07 Å². The first kappa shape index (κ1) is 16.1. The van der Waals surface area contributed by atoms with E-state index in [0.717, 1.165) is 16.7 Å². The van der Waals surface area contributed by atoms with Crippen molar-refractivity contribution in [2.75, 3.05) is 7.05 Å². The summed E-state index contributed by atoms with van der Waals surface area (Å²) in [5.74, 6) is 0. The van der Waals surface area contributed by atoms with Crippen LogP contribution in [-0.2, 0) is 16.6 Å². The molecule has 0 aliphatic heterocycles. The lowest BCUT2D eigenvalue weighted by Crippen LogP contribution is -2.40. The van der Waals surface area contributed by atoms with Crippen molar-refractivity contribution < 1.29 is 8.42 Å². The van der Waals surface area contributed by atoms with Crippen molar-refractivity contribution in [2.45, 2.75) is 51.6 Å². The zero-order valence-electron chi connectivity index (χ0n) is 12.6. The van der Waals surface area contributed by atoms with E-state index < -0.39 is 15.6 Å². The molecule has 0 amide bonds. The third-order valence-electron chi connectivity index (χ3n) is 2.73. The van der Waals surface area contributed by atoms with Crippen LogP contribution in [0.2, 0.25) is 0 Å². The fourth-order valence-corrected chi connectivity index (χ4v) is 3.70. The number of hydrogen-bond acceptors (Lipinski definition) is 3. The lowest BCUT2D eigenvalue weighted by molar-refractivity contribution is 0.491. The molecule has 1 rings (SSSR count). The highest BCUT2D eigenvalue weighted by Crippen LogP contribution is 2.22. The van der Waals surface area contributed by atoms with Crippen molar-refractivity contribution in [3.8, 4) is 0 Å². The third-order valence-corrected chi connectivity index (χ3v) is 4.63. The molecule has 0 aromatic heterocycles. The van der Waals surface area contributed by atoms with Crippen molar-refractivity contribution in [2.24, 2.45) is 0 Å². The summed E-state index contributed by atoms with van der Waals surface area (Å²) in [5.41, 5.74) is 2.39. The summed E-state index contributed by atoms with van der Waals surface area (Å²) < 4.78 is 27.5. The maximum absolute atomic E-state index is 12.4.